The minimum atomic E-state index is -0.265. The van der Waals surface area contributed by atoms with Gasteiger partial charge < -0.3 is 4.90 Å². The summed E-state index contributed by atoms with van der Waals surface area (Å²) in [4.78, 5) is 17.5. The van der Waals surface area contributed by atoms with E-state index < -0.39 is 0 Å². The number of halogens is 1. The van der Waals surface area contributed by atoms with Crippen molar-refractivity contribution < 1.29 is 9.18 Å². The summed E-state index contributed by atoms with van der Waals surface area (Å²) >= 11 is 1.46. The van der Waals surface area contributed by atoms with Gasteiger partial charge in [-0.3, -0.25) is 4.79 Å². The number of thiazole rings is 1. The van der Waals surface area contributed by atoms with E-state index in [4.69, 9.17) is 0 Å². The predicted molar refractivity (Wildman–Crippen MR) is 69.9 cm³/mol. The average Bonchev–Trinajstić information content (AvgIpc) is 2.78. The van der Waals surface area contributed by atoms with Crippen molar-refractivity contribution in [3.63, 3.8) is 0 Å². The molecule has 1 amide bonds. The van der Waals surface area contributed by atoms with Gasteiger partial charge in [-0.1, -0.05) is 0 Å². The van der Waals surface area contributed by atoms with Crippen molar-refractivity contribution in [3.05, 3.63) is 41.2 Å². The number of nitrogens with zero attached hydrogens (tertiary/aromatic N) is 2. The SMILES string of the molecule is CN(C)C(=O)Cc1csc(-c2ccc(F)cc2)n1. The van der Waals surface area contributed by atoms with Crippen molar-refractivity contribution in [1.82, 2.24) is 9.88 Å². The number of likely N-dealkylation sites (N-methyl/N-ethyl adjacent to an activating group) is 1. The van der Waals surface area contributed by atoms with Crippen molar-refractivity contribution in [1.29, 1.82) is 0 Å². The largest absolute Gasteiger partial charge is 0.348 e. The molecular formula is C13H13FN2OS. The van der Waals surface area contributed by atoms with Gasteiger partial charge in [-0.15, -0.1) is 11.3 Å². The number of hydrogen-bond acceptors (Lipinski definition) is 3. The van der Waals surface area contributed by atoms with Crippen LogP contribution in [0.4, 0.5) is 4.39 Å². The van der Waals surface area contributed by atoms with Crippen LogP contribution in [0.5, 0.6) is 0 Å². The number of carbonyl (C=O) groups is 1. The summed E-state index contributed by atoms with van der Waals surface area (Å²) < 4.78 is 12.8. The van der Waals surface area contributed by atoms with Crippen LogP contribution < -0.4 is 0 Å². The fraction of sp³-hybridized carbons (Fsp3) is 0.231. The van der Waals surface area contributed by atoms with Crippen LogP contribution >= 0.6 is 11.3 Å². The molecule has 0 aliphatic heterocycles. The third kappa shape index (κ3) is 2.92. The molecule has 0 saturated heterocycles. The van der Waals surface area contributed by atoms with Crippen LogP contribution in [-0.4, -0.2) is 29.9 Å². The van der Waals surface area contributed by atoms with Crippen LogP contribution in [0.2, 0.25) is 0 Å². The van der Waals surface area contributed by atoms with Gasteiger partial charge in [0, 0.05) is 25.0 Å². The lowest BCUT2D eigenvalue weighted by atomic mass is 10.2. The molecule has 1 aromatic heterocycles. The summed E-state index contributed by atoms with van der Waals surface area (Å²) in [5, 5.41) is 2.66. The van der Waals surface area contributed by atoms with Crippen LogP contribution in [-0.2, 0) is 11.2 Å². The Kier molecular flexibility index (Phi) is 3.72. The molecule has 0 bridgehead atoms. The summed E-state index contributed by atoms with van der Waals surface area (Å²) in [7, 11) is 3.44. The van der Waals surface area contributed by atoms with Gasteiger partial charge >= 0.3 is 0 Å². The van der Waals surface area contributed by atoms with Gasteiger partial charge in [-0.2, -0.15) is 0 Å². The number of aromatic nitrogens is 1. The molecule has 94 valence electrons. The van der Waals surface area contributed by atoms with E-state index in [9.17, 15) is 9.18 Å². The normalized spacial score (nSPS) is 10.4. The van der Waals surface area contributed by atoms with Gasteiger partial charge in [-0.05, 0) is 24.3 Å². The maximum atomic E-state index is 12.8. The van der Waals surface area contributed by atoms with E-state index in [1.54, 1.807) is 26.2 Å². The summed E-state index contributed by atoms with van der Waals surface area (Å²) in [6.45, 7) is 0. The molecule has 0 radical (unpaired) electrons. The zero-order chi connectivity index (χ0) is 13.1. The molecule has 0 aliphatic rings. The summed E-state index contributed by atoms with van der Waals surface area (Å²) in [6.07, 6.45) is 0.296. The highest BCUT2D eigenvalue weighted by atomic mass is 32.1. The van der Waals surface area contributed by atoms with Crippen LogP contribution in [0.1, 0.15) is 5.69 Å². The number of amides is 1. The number of rotatable bonds is 3. The quantitative estimate of drug-likeness (QED) is 0.853. The van der Waals surface area contributed by atoms with Crippen molar-refractivity contribution in [2.75, 3.05) is 14.1 Å². The third-order valence-electron chi connectivity index (χ3n) is 2.47. The smallest absolute Gasteiger partial charge is 0.228 e. The fourth-order valence-electron chi connectivity index (χ4n) is 1.43. The second-order valence-corrected chi connectivity index (χ2v) is 4.97. The van der Waals surface area contributed by atoms with Gasteiger partial charge in [-0.25, -0.2) is 9.37 Å². The number of benzene rings is 1. The van der Waals surface area contributed by atoms with Crippen molar-refractivity contribution in [3.8, 4) is 10.6 Å². The van der Waals surface area contributed by atoms with Gasteiger partial charge in [0.25, 0.3) is 0 Å². The molecule has 0 aliphatic carbocycles. The summed E-state index contributed by atoms with van der Waals surface area (Å²) in [6, 6.07) is 6.18. The Hall–Kier alpha value is -1.75. The Bertz CT molecular complexity index is 548. The highest BCUT2D eigenvalue weighted by Gasteiger charge is 2.10. The minimum Gasteiger partial charge on any atom is -0.348 e. The lowest BCUT2D eigenvalue weighted by Crippen LogP contribution is -2.23. The second-order valence-electron chi connectivity index (χ2n) is 4.12. The molecular weight excluding hydrogens is 251 g/mol. The molecule has 3 nitrogen and oxygen atoms in total. The van der Waals surface area contributed by atoms with E-state index in [1.807, 2.05) is 5.38 Å². The molecule has 0 unspecified atom stereocenters. The summed E-state index contributed by atoms with van der Waals surface area (Å²) in [5.41, 5.74) is 1.61. The Morgan fingerprint density at radius 2 is 2.00 bits per heavy atom. The topological polar surface area (TPSA) is 33.2 Å². The number of hydrogen-bond donors (Lipinski definition) is 0. The van der Waals surface area contributed by atoms with Crippen LogP contribution in [0.3, 0.4) is 0 Å². The Morgan fingerprint density at radius 3 is 2.61 bits per heavy atom. The van der Waals surface area contributed by atoms with Crippen molar-refractivity contribution in [2.45, 2.75) is 6.42 Å². The number of carbonyl (C=O) groups excluding carboxylic acids is 1. The maximum absolute atomic E-state index is 12.8. The van der Waals surface area contributed by atoms with Gasteiger partial charge in [0.1, 0.15) is 10.8 Å². The Morgan fingerprint density at radius 1 is 1.33 bits per heavy atom. The molecule has 0 fully saturated rings. The van der Waals surface area contributed by atoms with Crippen LogP contribution in [0.25, 0.3) is 10.6 Å². The lowest BCUT2D eigenvalue weighted by molar-refractivity contribution is -0.128. The van der Waals surface area contributed by atoms with E-state index in [1.165, 1.54) is 28.4 Å². The van der Waals surface area contributed by atoms with E-state index in [0.717, 1.165) is 16.3 Å². The standard InChI is InChI=1S/C13H13FN2OS/c1-16(2)12(17)7-11-8-18-13(15-11)9-3-5-10(14)6-4-9/h3-6,8H,7H2,1-2H3. The first kappa shape index (κ1) is 12.7. The second kappa shape index (κ2) is 5.27. The maximum Gasteiger partial charge on any atom is 0.228 e. The van der Waals surface area contributed by atoms with Gasteiger partial charge in [0.05, 0.1) is 12.1 Å². The first-order chi connectivity index (χ1) is 8.56. The molecule has 18 heavy (non-hydrogen) atoms. The van der Waals surface area contributed by atoms with E-state index in [0.29, 0.717) is 6.42 Å². The van der Waals surface area contributed by atoms with E-state index in [-0.39, 0.29) is 11.7 Å². The Balaban J connectivity index is 2.15. The van der Waals surface area contributed by atoms with Crippen LogP contribution in [0.15, 0.2) is 29.6 Å². The van der Waals surface area contributed by atoms with E-state index >= 15 is 0 Å². The monoisotopic (exact) mass is 264 g/mol. The zero-order valence-corrected chi connectivity index (χ0v) is 11.0. The summed E-state index contributed by atoms with van der Waals surface area (Å²) in [5.74, 6) is -0.246. The Labute approximate surface area is 109 Å². The molecule has 0 atom stereocenters. The highest BCUT2D eigenvalue weighted by molar-refractivity contribution is 7.13. The third-order valence-corrected chi connectivity index (χ3v) is 3.41. The highest BCUT2D eigenvalue weighted by Crippen LogP contribution is 2.24. The zero-order valence-electron chi connectivity index (χ0n) is 10.2. The molecule has 0 saturated carbocycles. The molecule has 0 N–H and O–H groups in total. The van der Waals surface area contributed by atoms with Crippen molar-refractivity contribution >= 4 is 17.2 Å². The average molecular weight is 264 g/mol. The minimum absolute atomic E-state index is 0.0194. The molecule has 2 aromatic rings. The lowest BCUT2D eigenvalue weighted by Gasteiger charge is -2.07. The fourth-order valence-corrected chi connectivity index (χ4v) is 2.25. The molecule has 1 heterocycles. The van der Waals surface area contributed by atoms with Crippen LogP contribution in [0, 0.1) is 5.82 Å². The molecule has 5 heteroatoms. The first-order valence-corrected chi connectivity index (χ1v) is 6.34. The molecule has 1 aromatic carbocycles. The first-order valence-electron chi connectivity index (χ1n) is 5.47. The van der Waals surface area contributed by atoms with Crippen molar-refractivity contribution in [2.24, 2.45) is 0 Å². The van der Waals surface area contributed by atoms with Gasteiger partial charge in [0.2, 0.25) is 5.91 Å². The van der Waals surface area contributed by atoms with Gasteiger partial charge in [0.15, 0.2) is 0 Å². The molecule has 0 spiro atoms. The predicted octanol–water partition coefficient (Wildman–Crippen LogP) is 2.58. The molecule has 2 rings (SSSR count). The van der Waals surface area contributed by atoms with E-state index in [2.05, 4.69) is 4.98 Å².